The van der Waals surface area contributed by atoms with Gasteiger partial charge in [0, 0.05) is 18.4 Å². The fourth-order valence-corrected chi connectivity index (χ4v) is 2.74. The topological polar surface area (TPSA) is 52.3 Å². The molecule has 1 fully saturated rings. The van der Waals surface area contributed by atoms with Gasteiger partial charge in [-0.1, -0.05) is 0 Å². The molecule has 1 saturated carbocycles. The number of alkyl halides is 5. The van der Waals surface area contributed by atoms with Crippen molar-refractivity contribution in [1.82, 2.24) is 19.8 Å². The van der Waals surface area contributed by atoms with E-state index in [0.29, 0.717) is 4.52 Å². The Morgan fingerprint density at radius 1 is 1.07 bits per heavy atom. The van der Waals surface area contributed by atoms with Crippen molar-refractivity contribution in [2.24, 2.45) is 0 Å². The molecular weight excluding hydrogens is 378 g/mol. The van der Waals surface area contributed by atoms with Crippen LogP contribution in [0.2, 0.25) is 0 Å². The third kappa shape index (κ3) is 3.28. The molecule has 4 rings (SSSR count). The summed E-state index contributed by atoms with van der Waals surface area (Å²) < 4.78 is 84.3. The minimum absolute atomic E-state index is 0.0495. The Labute approximate surface area is 147 Å². The van der Waals surface area contributed by atoms with Gasteiger partial charge in [0.2, 0.25) is 0 Å². The fraction of sp³-hybridized carbons (Fsp3) is 0.312. The molecule has 2 aromatic heterocycles. The minimum atomic E-state index is -4.75. The second-order valence-corrected chi connectivity index (χ2v) is 6.16. The van der Waals surface area contributed by atoms with Crippen LogP contribution >= 0.6 is 0 Å². The smallest absolute Gasteiger partial charge is 0.453 e. The zero-order valence-corrected chi connectivity index (χ0v) is 13.3. The van der Waals surface area contributed by atoms with Crippen LogP contribution in [0.4, 0.5) is 26.3 Å². The first kappa shape index (κ1) is 17.6. The molecule has 3 aromatic rings. The number of hydrogen-bond acceptors (Lipinski definition) is 4. The van der Waals surface area contributed by atoms with E-state index in [-0.39, 0.29) is 22.7 Å². The van der Waals surface area contributed by atoms with E-state index >= 15 is 0 Å². The first-order valence-electron chi connectivity index (χ1n) is 7.76. The Bertz CT molecular complexity index is 1010. The molecule has 0 N–H and O–H groups in total. The lowest BCUT2D eigenvalue weighted by Crippen LogP contribution is -2.43. The van der Waals surface area contributed by atoms with E-state index in [2.05, 4.69) is 15.3 Å². The summed E-state index contributed by atoms with van der Waals surface area (Å²) in [7, 11) is 0. The monoisotopic (exact) mass is 388 g/mol. The first-order valence-corrected chi connectivity index (χ1v) is 7.76. The van der Waals surface area contributed by atoms with Crippen LogP contribution in [0.25, 0.3) is 16.9 Å². The van der Waals surface area contributed by atoms with Crippen LogP contribution in [0, 0.1) is 5.82 Å². The molecule has 27 heavy (non-hydrogen) atoms. The third-order valence-corrected chi connectivity index (χ3v) is 4.09. The lowest BCUT2D eigenvalue weighted by molar-refractivity contribution is -0.146. The summed E-state index contributed by atoms with van der Waals surface area (Å²) in [5.41, 5.74) is 0.119. The maximum absolute atomic E-state index is 14.2. The van der Waals surface area contributed by atoms with E-state index in [1.54, 1.807) is 0 Å². The van der Waals surface area contributed by atoms with Crippen molar-refractivity contribution in [2.75, 3.05) is 0 Å². The SMILES string of the molecule is Fc1cc(-c2ccc3nnc(C(F)(F)F)n3n2)ccc1OC1CC(F)(F)C1. The Kier molecular flexibility index (Phi) is 3.79. The lowest BCUT2D eigenvalue weighted by Gasteiger charge is -2.34. The van der Waals surface area contributed by atoms with Crippen molar-refractivity contribution in [3.63, 3.8) is 0 Å². The number of ether oxygens (including phenoxy) is 1. The van der Waals surface area contributed by atoms with Gasteiger partial charge in [-0.15, -0.1) is 10.2 Å². The van der Waals surface area contributed by atoms with E-state index in [0.717, 1.165) is 6.07 Å². The van der Waals surface area contributed by atoms with E-state index in [1.165, 1.54) is 24.3 Å². The molecule has 5 nitrogen and oxygen atoms in total. The van der Waals surface area contributed by atoms with Crippen LogP contribution in [0.3, 0.4) is 0 Å². The maximum Gasteiger partial charge on any atom is 0.453 e. The first-order chi connectivity index (χ1) is 12.6. The normalized spacial score (nSPS) is 17.1. The average Bonchev–Trinajstić information content (AvgIpc) is 2.98. The molecule has 142 valence electrons. The zero-order valence-electron chi connectivity index (χ0n) is 13.3. The van der Waals surface area contributed by atoms with Gasteiger partial charge >= 0.3 is 6.18 Å². The van der Waals surface area contributed by atoms with Crippen LogP contribution < -0.4 is 4.74 Å². The predicted molar refractivity (Wildman–Crippen MR) is 79.8 cm³/mol. The lowest BCUT2D eigenvalue weighted by atomic mass is 9.91. The molecule has 0 spiro atoms. The molecule has 0 unspecified atom stereocenters. The highest BCUT2D eigenvalue weighted by Crippen LogP contribution is 2.40. The summed E-state index contributed by atoms with van der Waals surface area (Å²) in [6.45, 7) is 0. The van der Waals surface area contributed by atoms with Crippen molar-refractivity contribution in [3.8, 4) is 17.0 Å². The molecule has 11 heteroatoms. The number of hydrogen-bond donors (Lipinski definition) is 0. The van der Waals surface area contributed by atoms with Crippen LogP contribution in [0.1, 0.15) is 18.7 Å². The Morgan fingerprint density at radius 3 is 2.44 bits per heavy atom. The third-order valence-electron chi connectivity index (χ3n) is 4.09. The Hall–Kier alpha value is -2.85. The molecule has 0 aliphatic heterocycles. The van der Waals surface area contributed by atoms with Crippen molar-refractivity contribution in [1.29, 1.82) is 0 Å². The number of aromatic nitrogens is 4. The second-order valence-electron chi connectivity index (χ2n) is 6.16. The number of nitrogens with zero attached hydrogens (tertiary/aromatic N) is 4. The maximum atomic E-state index is 14.2. The largest absolute Gasteiger partial charge is 0.487 e. The molecule has 0 saturated heterocycles. The van der Waals surface area contributed by atoms with Crippen LogP contribution in [-0.4, -0.2) is 31.8 Å². The molecular formula is C16H10F6N4O. The average molecular weight is 388 g/mol. The van der Waals surface area contributed by atoms with Crippen LogP contribution in [0.15, 0.2) is 30.3 Å². The van der Waals surface area contributed by atoms with Gasteiger partial charge in [-0.3, -0.25) is 0 Å². The van der Waals surface area contributed by atoms with Crippen LogP contribution in [-0.2, 0) is 6.18 Å². The van der Waals surface area contributed by atoms with E-state index in [1.807, 2.05) is 0 Å². The van der Waals surface area contributed by atoms with E-state index in [9.17, 15) is 26.3 Å². The molecule has 1 aliphatic rings. The quantitative estimate of drug-likeness (QED) is 0.634. The zero-order chi connectivity index (χ0) is 19.4. The highest BCUT2D eigenvalue weighted by Gasteiger charge is 2.47. The number of fused-ring (bicyclic) bond motifs is 1. The highest BCUT2D eigenvalue weighted by atomic mass is 19.4. The minimum Gasteiger partial charge on any atom is -0.487 e. The number of rotatable bonds is 3. The van der Waals surface area contributed by atoms with Gasteiger partial charge in [-0.25, -0.2) is 13.2 Å². The van der Waals surface area contributed by atoms with Crippen molar-refractivity contribution in [3.05, 3.63) is 42.0 Å². The number of halogens is 6. The molecule has 0 atom stereocenters. The van der Waals surface area contributed by atoms with Gasteiger partial charge in [0.15, 0.2) is 17.2 Å². The molecule has 1 aromatic carbocycles. The summed E-state index contributed by atoms with van der Waals surface area (Å²) in [6.07, 6.45) is -6.50. The van der Waals surface area contributed by atoms with Gasteiger partial charge in [0.05, 0.1) is 5.69 Å². The second kappa shape index (κ2) is 5.83. The Balaban J connectivity index is 1.62. The van der Waals surface area contributed by atoms with Gasteiger partial charge in [0.25, 0.3) is 11.7 Å². The standard InChI is InChI=1S/C16H10F6N4O/c17-10-5-8(1-3-12(10)27-9-6-15(18,19)7-9)11-2-4-13-23-24-14(16(20,21)22)26(13)25-11/h1-5,9H,6-7H2. The molecule has 0 amide bonds. The molecule has 1 aliphatic carbocycles. The number of benzene rings is 1. The van der Waals surface area contributed by atoms with Gasteiger partial charge in [-0.2, -0.15) is 22.8 Å². The van der Waals surface area contributed by atoms with Gasteiger partial charge in [0.1, 0.15) is 6.10 Å². The van der Waals surface area contributed by atoms with Crippen molar-refractivity contribution >= 4 is 5.65 Å². The summed E-state index contributed by atoms with van der Waals surface area (Å²) in [6, 6.07) is 6.25. The van der Waals surface area contributed by atoms with Crippen molar-refractivity contribution in [2.45, 2.75) is 31.0 Å². The Morgan fingerprint density at radius 2 is 1.81 bits per heavy atom. The fourth-order valence-electron chi connectivity index (χ4n) is 2.74. The van der Waals surface area contributed by atoms with Crippen molar-refractivity contribution < 1.29 is 31.1 Å². The summed E-state index contributed by atoms with van der Waals surface area (Å²) in [5, 5.41) is 10.3. The van der Waals surface area contributed by atoms with E-state index in [4.69, 9.17) is 4.74 Å². The molecule has 0 radical (unpaired) electrons. The summed E-state index contributed by atoms with van der Waals surface area (Å²) in [5.74, 6) is -5.13. The molecule has 2 heterocycles. The van der Waals surface area contributed by atoms with Gasteiger partial charge in [-0.05, 0) is 30.3 Å². The summed E-state index contributed by atoms with van der Waals surface area (Å²) in [4.78, 5) is 0. The van der Waals surface area contributed by atoms with E-state index < -0.39 is 42.7 Å². The predicted octanol–water partition coefficient (Wildman–Crippen LogP) is 4.13. The highest BCUT2D eigenvalue weighted by molar-refractivity contribution is 5.61. The van der Waals surface area contributed by atoms with Crippen LogP contribution in [0.5, 0.6) is 5.75 Å². The summed E-state index contributed by atoms with van der Waals surface area (Å²) >= 11 is 0. The van der Waals surface area contributed by atoms with Gasteiger partial charge < -0.3 is 4.74 Å². The molecule has 0 bridgehead atoms.